The average molecular weight is 369 g/mol. The van der Waals surface area contributed by atoms with Crippen molar-refractivity contribution < 1.29 is 8.42 Å². The minimum absolute atomic E-state index is 0.326. The lowest BCUT2D eigenvalue weighted by Gasteiger charge is -2.34. The summed E-state index contributed by atoms with van der Waals surface area (Å²) in [4.78, 5) is 4.99. The second kappa shape index (κ2) is 6.45. The van der Waals surface area contributed by atoms with Gasteiger partial charge < -0.3 is 14.4 Å². The van der Waals surface area contributed by atoms with Crippen molar-refractivity contribution in [2.24, 2.45) is 7.05 Å². The van der Waals surface area contributed by atoms with Crippen molar-refractivity contribution in [1.29, 1.82) is 0 Å². The van der Waals surface area contributed by atoms with Gasteiger partial charge in [-0.05, 0) is 31.3 Å². The molecular formula is C20H23N3O2S. The Bertz CT molecular complexity index is 1030. The molecular weight excluding hydrogens is 346 g/mol. The minimum atomic E-state index is -3.55. The van der Waals surface area contributed by atoms with E-state index in [0.29, 0.717) is 9.92 Å². The molecule has 5 nitrogen and oxygen atoms in total. The number of para-hydroxylation sites is 1. The maximum absolute atomic E-state index is 13.1. The molecule has 4 rings (SSSR count). The van der Waals surface area contributed by atoms with Crippen LogP contribution in [0.15, 0.2) is 64.5 Å². The van der Waals surface area contributed by atoms with E-state index in [1.807, 2.05) is 29.8 Å². The molecule has 0 aliphatic carbocycles. The zero-order chi connectivity index (χ0) is 18.3. The molecule has 6 heteroatoms. The van der Waals surface area contributed by atoms with E-state index in [2.05, 4.69) is 22.9 Å². The maximum Gasteiger partial charge on any atom is 0.222 e. The Morgan fingerprint density at radius 3 is 2.23 bits per heavy atom. The molecule has 1 aliphatic rings. The largest absolute Gasteiger partial charge is 0.367 e. The summed E-state index contributed by atoms with van der Waals surface area (Å²) in [5.74, 6) is 0. The molecule has 0 bridgehead atoms. The van der Waals surface area contributed by atoms with Crippen LogP contribution in [0.4, 0.5) is 5.69 Å². The van der Waals surface area contributed by atoms with E-state index < -0.39 is 9.84 Å². The van der Waals surface area contributed by atoms with Crippen LogP contribution < -0.4 is 4.90 Å². The fourth-order valence-electron chi connectivity index (χ4n) is 3.65. The Labute approximate surface area is 154 Å². The Hall–Kier alpha value is -2.31. The minimum Gasteiger partial charge on any atom is -0.367 e. The van der Waals surface area contributed by atoms with Crippen molar-refractivity contribution >= 4 is 26.4 Å². The zero-order valence-electron chi connectivity index (χ0n) is 15.1. The predicted octanol–water partition coefficient (Wildman–Crippen LogP) is 2.76. The quantitative estimate of drug-likeness (QED) is 0.712. The van der Waals surface area contributed by atoms with Gasteiger partial charge in [-0.2, -0.15) is 0 Å². The molecule has 0 atom stereocenters. The van der Waals surface area contributed by atoms with Crippen LogP contribution in [0.5, 0.6) is 0 Å². The van der Waals surface area contributed by atoms with Crippen molar-refractivity contribution in [3.8, 4) is 0 Å². The maximum atomic E-state index is 13.1. The number of aryl methyl sites for hydroxylation is 1. The van der Waals surface area contributed by atoms with Gasteiger partial charge in [-0.25, -0.2) is 8.42 Å². The lowest BCUT2D eigenvalue weighted by atomic mass is 10.2. The molecule has 0 radical (unpaired) electrons. The van der Waals surface area contributed by atoms with Crippen molar-refractivity contribution in [1.82, 2.24) is 9.47 Å². The van der Waals surface area contributed by atoms with Crippen molar-refractivity contribution in [3.05, 3.63) is 54.6 Å². The van der Waals surface area contributed by atoms with Crippen LogP contribution in [0.25, 0.3) is 10.9 Å². The Balaban J connectivity index is 1.85. The van der Waals surface area contributed by atoms with Crippen LogP contribution in [0.1, 0.15) is 0 Å². The topological polar surface area (TPSA) is 45.6 Å². The number of nitrogens with zero attached hydrogens (tertiary/aromatic N) is 3. The first-order valence-corrected chi connectivity index (χ1v) is 10.3. The van der Waals surface area contributed by atoms with Gasteiger partial charge in [0.05, 0.1) is 16.1 Å². The number of aromatic nitrogens is 1. The molecule has 1 saturated heterocycles. The van der Waals surface area contributed by atoms with E-state index in [9.17, 15) is 8.42 Å². The first-order chi connectivity index (χ1) is 12.5. The number of piperazine rings is 1. The number of likely N-dealkylation sites (N-methyl/N-ethyl adjacent to an activating group) is 1. The molecule has 0 unspecified atom stereocenters. The predicted molar refractivity (Wildman–Crippen MR) is 105 cm³/mol. The number of fused-ring (bicyclic) bond motifs is 1. The molecule has 0 saturated carbocycles. The highest BCUT2D eigenvalue weighted by atomic mass is 32.2. The molecule has 26 heavy (non-hydrogen) atoms. The Morgan fingerprint density at radius 1 is 0.846 bits per heavy atom. The summed E-state index contributed by atoms with van der Waals surface area (Å²) in [6.45, 7) is 3.91. The normalized spacial score (nSPS) is 16.3. The zero-order valence-corrected chi connectivity index (χ0v) is 15.9. The second-order valence-corrected chi connectivity index (χ2v) is 8.76. The highest BCUT2D eigenvalue weighted by Gasteiger charge is 2.25. The van der Waals surface area contributed by atoms with Gasteiger partial charge in [0, 0.05) is 38.6 Å². The fourth-order valence-corrected chi connectivity index (χ4v) is 5.14. The van der Waals surface area contributed by atoms with Crippen LogP contribution in [0.3, 0.4) is 0 Å². The monoisotopic (exact) mass is 369 g/mol. The first kappa shape index (κ1) is 17.1. The molecule has 1 fully saturated rings. The fraction of sp³-hybridized carbons (Fsp3) is 0.300. The first-order valence-electron chi connectivity index (χ1n) is 8.80. The summed E-state index contributed by atoms with van der Waals surface area (Å²) >= 11 is 0. The van der Waals surface area contributed by atoms with E-state index >= 15 is 0 Å². The summed E-state index contributed by atoms with van der Waals surface area (Å²) < 4.78 is 28.1. The van der Waals surface area contributed by atoms with Crippen LogP contribution in [0, 0.1) is 0 Å². The van der Waals surface area contributed by atoms with Gasteiger partial charge in [-0.3, -0.25) is 0 Å². The highest BCUT2D eigenvalue weighted by Crippen LogP contribution is 2.33. The van der Waals surface area contributed by atoms with Crippen molar-refractivity contribution in [2.45, 2.75) is 9.92 Å². The molecule has 1 aromatic heterocycles. The summed E-state index contributed by atoms with van der Waals surface area (Å²) in [7, 11) is 0.423. The molecule has 0 amide bonds. The number of hydrogen-bond acceptors (Lipinski definition) is 4. The van der Waals surface area contributed by atoms with E-state index in [-0.39, 0.29) is 0 Å². The molecule has 2 aromatic carbocycles. The third-order valence-electron chi connectivity index (χ3n) is 5.16. The number of anilines is 1. The number of hydrogen-bond donors (Lipinski definition) is 0. The van der Waals surface area contributed by atoms with Crippen molar-refractivity contribution in [2.75, 3.05) is 38.1 Å². The van der Waals surface area contributed by atoms with Crippen LogP contribution in [-0.4, -0.2) is 51.1 Å². The standard InChI is InChI=1S/C20H23N3O2S/c1-21-11-13-23(14-12-21)18-10-6-7-16-15-19(22(2)20(16)18)26(24,25)17-8-4-3-5-9-17/h3-10,15H,11-14H2,1-2H3. The van der Waals surface area contributed by atoms with Crippen molar-refractivity contribution in [3.63, 3.8) is 0 Å². The summed E-state index contributed by atoms with van der Waals surface area (Å²) in [6.07, 6.45) is 0. The number of rotatable bonds is 3. The molecule has 3 aromatic rings. The van der Waals surface area contributed by atoms with Gasteiger partial charge in [0.25, 0.3) is 0 Å². The summed E-state index contributed by atoms with van der Waals surface area (Å²) in [5, 5.41) is 1.29. The van der Waals surface area contributed by atoms with Crippen LogP contribution in [0.2, 0.25) is 0 Å². The summed E-state index contributed by atoms with van der Waals surface area (Å²) in [5.41, 5.74) is 2.08. The number of sulfone groups is 1. The molecule has 0 spiro atoms. The SMILES string of the molecule is CN1CCN(c2cccc3cc(S(=O)(=O)c4ccccc4)n(C)c23)CC1. The smallest absolute Gasteiger partial charge is 0.222 e. The lowest BCUT2D eigenvalue weighted by Crippen LogP contribution is -2.44. The van der Waals surface area contributed by atoms with Gasteiger partial charge in [0.2, 0.25) is 9.84 Å². The molecule has 2 heterocycles. The van der Waals surface area contributed by atoms with Gasteiger partial charge in [-0.1, -0.05) is 30.3 Å². The van der Waals surface area contributed by atoms with Crippen LogP contribution in [-0.2, 0) is 16.9 Å². The lowest BCUT2D eigenvalue weighted by molar-refractivity contribution is 0.313. The van der Waals surface area contributed by atoms with Gasteiger partial charge in [0.1, 0.15) is 5.03 Å². The molecule has 0 N–H and O–H groups in total. The number of benzene rings is 2. The average Bonchev–Trinajstić information content (AvgIpc) is 3.01. The summed E-state index contributed by atoms with van der Waals surface area (Å²) in [6, 6.07) is 16.5. The third kappa shape index (κ3) is 2.79. The van der Waals surface area contributed by atoms with Gasteiger partial charge in [-0.15, -0.1) is 0 Å². The van der Waals surface area contributed by atoms with E-state index in [1.165, 1.54) is 0 Å². The van der Waals surface area contributed by atoms with Gasteiger partial charge >= 0.3 is 0 Å². The Morgan fingerprint density at radius 2 is 1.54 bits per heavy atom. The van der Waals surface area contributed by atoms with E-state index in [1.54, 1.807) is 30.3 Å². The third-order valence-corrected chi connectivity index (χ3v) is 7.00. The second-order valence-electron chi connectivity index (χ2n) is 6.86. The van der Waals surface area contributed by atoms with E-state index in [4.69, 9.17) is 0 Å². The molecule has 1 aliphatic heterocycles. The van der Waals surface area contributed by atoms with Crippen LogP contribution >= 0.6 is 0 Å². The van der Waals surface area contributed by atoms with Gasteiger partial charge in [0.15, 0.2) is 0 Å². The Kier molecular flexibility index (Phi) is 4.25. The highest BCUT2D eigenvalue weighted by molar-refractivity contribution is 7.91. The molecule has 136 valence electrons. The van der Waals surface area contributed by atoms with E-state index in [0.717, 1.165) is 42.8 Å².